The van der Waals surface area contributed by atoms with Gasteiger partial charge in [0, 0.05) is 13.0 Å². The molecule has 0 aliphatic rings. The molecule has 1 aromatic carbocycles. The molecule has 2 rings (SSSR count). The molecule has 0 saturated heterocycles. The Morgan fingerprint density at radius 3 is 3.00 bits per heavy atom. The first-order valence-electron chi connectivity index (χ1n) is 5.74. The van der Waals surface area contributed by atoms with E-state index in [0.29, 0.717) is 36.2 Å². The maximum Gasteiger partial charge on any atom is 0.258 e. The zero-order valence-electron chi connectivity index (χ0n) is 10.2. The van der Waals surface area contributed by atoms with Crippen LogP contribution in [0.5, 0.6) is 0 Å². The summed E-state index contributed by atoms with van der Waals surface area (Å²) in [6.07, 6.45) is 0.623. The molecule has 0 atom stereocenters. The van der Waals surface area contributed by atoms with Crippen molar-refractivity contribution in [3.8, 4) is 6.07 Å². The summed E-state index contributed by atoms with van der Waals surface area (Å²) in [7, 11) is 1.86. The molecule has 0 fully saturated rings. The quantitative estimate of drug-likeness (QED) is 0.809. The minimum atomic E-state index is -0.112. The van der Waals surface area contributed by atoms with Gasteiger partial charge in [0.2, 0.25) is 0 Å². The molecule has 0 radical (unpaired) electrons. The lowest BCUT2D eigenvalue weighted by Crippen LogP contribution is -2.23. The SMILES string of the molecule is CN(CC#N)CCc1nc2ccccc2c(=O)[nH]1. The minimum Gasteiger partial charge on any atom is -0.310 e. The van der Waals surface area contributed by atoms with Crippen molar-refractivity contribution in [3.05, 3.63) is 40.4 Å². The highest BCUT2D eigenvalue weighted by Crippen LogP contribution is 2.05. The fraction of sp³-hybridized carbons (Fsp3) is 0.308. The van der Waals surface area contributed by atoms with Crippen molar-refractivity contribution in [2.75, 3.05) is 20.1 Å². The van der Waals surface area contributed by atoms with E-state index in [-0.39, 0.29) is 5.56 Å². The number of aromatic amines is 1. The molecular weight excluding hydrogens is 228 g/mol. The second-order valence-corrected chi connectivity index (χ2v) is 4.18. The number of hydrogen-bond acceptors (Lipinski definition) is 4. The maximum atomic E-state index is 11.8. The summed E-state index contributed by atoms with van der Waals surface area (Å²) in [6.45, 7) is 1.06. The third kappa shape index (κ3) is 2.73. The summed E-state index contributed by atoms with van der Waals surface area (Å²) in [6, 6.07) is 9.34. The van der Waals surface area contributed by atoms with E-state index in [9.17, 15) is 4.79 Å². The molecule has 1 aromatic heterocycles. The smallest absolute Gasteiger partial charge is 0.258 e. The highest BCUT2D eigenvalue weighted by atomic mass is 16.1. The van der Waals surface area contributed by atoms with Gasteiger partial charge in [-0.1, -0.05) is 12.1 Å². The Labute approximate surface area is 105 Å². The number of aromatic nitrogens is 2. The lowest BCUT2D eigenvalue weighted by molar-refractivity contribution is 0.376. The summed E-state index contributed by atoms with van der Waals surface area (Å²) in [5.74, 6) is 0.656. The molecule has 5 heteroatoms. The first-order chi connectivity index (χ1) is 8.70. The van der Waals surface area contributed by atoms with Crippen molar-refractivity contribution in [2.45, 2.75) is 6.42 Å². The van der Waals surface area contributed by atoms with Gasteiger partial charge in [0.15, 0.2) is 0 Å². The summed E-state index contributed by atoms with van der Waals surface area (Å²) in [5, 5.41) is 9.16. The number of hydrogen-bond donors (Lipinski definition) is 1. The Kier molecular flexibility index (Phi) is 3.70. The molecule has 0 spiro atoms. The molecule has 0 aliphatic heterocycles. The number of para-hydroxylation sites is 1. The van der Waals surface area contributed by atoms with Gasteiger partial charge in [-0.05, 0) is 19.2 Å². The number of rotatable bonds is 4. The summed E-state index contributed by atoms with van der Waals surface area (Å²) < 4.78 is 0. The number of nitrogens with one attached hydrogen (secondary N) is 1. The highest BCUT2D eigenvalue weighted by molar-refractivity contribution is 5.77. The van der Waals surface area contributed by atoms with Crippen LogP contribution in [0.3, 0.4) is 0 Å². The van der Waals surface area contributed by atoms with E-state index in [1.54, 1.807) is 6.07 Å². The average Bonchev–Trinajstić information content (AvgIpc) is 2.37. The molecule has 18 heavy (non-hydrogen) atoms. The maximum absolute atomic E-state index is 11.8. The van der Waals surface area contributed by atoms with E-state index < -0.39 is 0 Å². The van der Waals surface area contributed by atoms with Crippen LogP contribution in [-0.4, -0.2) is 35.0 Å². The topological polar surface area (TPSA) is 72.8 Å². The Bertz CT molecular complexity index is 641. The normalized spacial score (nSPS) is 10.7. The van der Waals surface area contributed by atoms with Crippen LogP contribution in [0.25, 0.3) is 10.9 Å². The zero-order chi connectivity index (χ0) is 13.0. The van der Waals surface area contributed by atoms with E-state index >= 15 is 0 Å². The standard InChI is InChI=1S/C13H14N4O/c1-17(9-7-14)8-6-12-15-11-5-3-2-4-10(11)13(18)16-12/h2-5H,6,8-9H2,1H3,(H,15,16,18). The van der Waals surface area contributed by atoms with E-state index in [2.05, 4.69) is 16.0 Å². The molecule has 0 aliphatic carbocycles. The molecule has 5 nitrogen and oxygen atoms in total. The van der Waals surface area contributed by atoms with Gasteiger partial charge in [-0.2, -0.15) is 5.26 Å². The van der Waals surface area contributed by atoms with Crippen LogP contribution in [0.4, 0.5) is 0 Å². The first-order valence-corrected chi connectivity index (χ1v) is 5.74. The van der Waals surface area contributed by atoms with Crippen molar-refractivity contribution in [3.63, 3.8) is 0 Å². The molecule has 0 bridgehead atoms. The largest absolute Gasteiger partial charge is 0.310 e. The van der Waals surface area contributed by atoms with Crippen LogP contribution < -0.4 is 5.56 Å². The first kappa shape index (κ1) is 12.3. The van der Waals surface area contributed by atoms with Crippen LogP contribution in [0.15, 0.2) is 29.1 Å². The van der Waals surface area contributed by atoms with Gasteiger partial charge in [-0.25, -0.2) is 4.98 Å². The fourth-order valence-electron chi connectivity index (χ4n) is 1.75. The Balaban J connectivity index is 2.20. The van der Waals surface area contributed by atoms with Gasteiger partial charge in [-0.15, -0.1) is 0 Å². The van der Waals surface area contributed by atoms with Gasteiger partial charge < -0.3 is 4.98 Å². The monoisotopic (exact) mass is 242 g/mol. The number of benzene rings is 1. The third-order valence-electron chi connectivity index (χ3n) is 2.73. The fourth-order valence-corrected chi connectivity index (χ4v) is 1.75. The average molecular weight is 242 g/mol. The highest BCUT2D eigenvalue weighted by Gasteiger charge is 2.04. The molecule has 0 amide bonds. The summed E-state index contributed by atoms with van der Waals surface area (Å²) in [4.78, 5) is 20.9. The molecule has 92 valence electrons. The minimum absolute atomic E-state index is 0.112. The van der Waals surface area contributed by atoms with Gasteiger partial charge in [0.25, 0.3) is 5.56 Å². The van der Waals surface area contributed by atoms with Crippen LogP contribution >= 0.6 is 0 Å². The van der Waals surface area contributed by atoms with Gasteiger partial charge in [0.1, 0.15) is 5.82 Å². The Hall–Kier alpha value is -2.19. The van der Waals surface area contributed by atoms with Crippen molar-refractivity contribution < 1.29 is 0 Å². The zero-order valence-corrected chi connectivity index (χ0v) is 10.2. The van der Waals surface area contributed by atoms with E-state index in [1.165, 1.54) is 0 Å². The molecular formula is C13H14N4O. The lowest BCUT2D eigenvalue weighted by atomic mass is 10.2. The summed E-state index contributed by atoms with van der Waals surface area (Å²) in [5.41, 5.74) is 0.595. The van der Waals surface area contributed by atoms with Gasteiger partial charge >= 0.3 is 0 Å². The second kappa shape index (κ2) is 5.43. The number of nitriles is 1. The summed E-state index contributed by atoms with van der Waals surface area (Å²) >= 11 is 0. The molecule has 1 N–H and O–H groups in total. The van der Waals surface area contributed by atoms with Crippen molar-refractivity contribution in [2.24, 2.45) is 0 Å². The predicted octanol–water partition coefficient (Wildman–Crippen LogP) is 0.921. The Morgan fingerprint density at radius 1 is 1.44 bits per heavy atom. The number of likely N-dealkylation sites (N-methyl/N-ethyl adjacent to an activating group) is 1. The Morgan fingerprint density at radius 2 is 2.22 bits per heavy atom. The molecule has 2 aromatic rings. The van der Waals surface area contributed by atoms with E-state index in [4.69, 9.17) is 5.26 Å². The third-order valence-corrected chi connectivity index (χ3v) is 2.73. The van der Waals surface area contributed by atoms with Gasteiger partial charge in [-0.3, -0.25) is 9.69 Å². The van der Waals surface area contributed by atoms with Crippen molar-refractivity contribution in [1.82, 2.24) is 14.9 Å². The number of nitrogens with zero attached hydrogens (tertiary/aromatic N) is 3. The van der Waals surface area contributed by atoms with E-state index in [0.717, 1.165) is 0 Å². The van der Waals surface area contributed by atoms with Crippen molar-refractivity contribution in [1.29, 1.82) is 5.26 Å². The lowest BCUT2D eigenvalue weighted by Gasteiger charge is -2.11. The molecule has 0 saturated carbocycles. The van der Waals surface area contributed by atoms with Crippen LogP contribution in [0.2, 0.25) is 0 Å². The second-order valence-electron chi connectivity index (χ2n) is 4.18. The van der Waals surface area contributed by atoms with Gasteiger partial charge in [0.05, 0.1) is 23.5 Å². The molecule has 1 heterocycles. The molecule has 0 unspecified atom stereocenters. The van der Waals surface area contributed by atoms with E-state index in [1.807, 2.05) is 30.1 Å². The van der Waals surface area contributed by atoms with Crippen LogP contribution in [0.1, 0.15) is 5.82 Å². The predicted molar refractivity (Wildman–Crippen MR) is 69.2 cm³/mol. The number of fused-ring (bicyclic) bond motifs is 1. The number of H-pyrrole nitrogens is 1. The van der Waals surface area contributed by atoms with Crippen LogP contribution in [-0.2, 0) is 6.42 Å². The van der Waals surface area contributed by atoms with Crippen LogP contribution in [0, 0.1) is 11.3 Å². The van der Waals surface area contributed by atoms with Crippen molar-refractivity contribution >= 4 is 10.9 Å².